The molecular weight excluding hydrogens is 307 g/mol. The highest BCUT2D eigenvalue weighted by molar-refractivity contribution is 6.35. The van der Waals surface area contributed by atoms with Crippen LogP contribution in [0.1, 0.15) is 10.4 Å². The summed E-state index contributed by atoms with van der Waals surface area (Å²) in [5.41, 5.74) is -0.635. The average Bonchev–Trinajstić information content (AvgIpc) is 2.38. The van der Waals surface area contributed by atoms with Crippen LogP contribution in [0.15, 0.2) is 30.5 Å². The summed E-state index contributed by atoms with van der Waals surface area (Å²) < 4.78 is 0. The highest BCUT2D eigenvalue weighted by Gasteiger charge is 2.23. The molecular formula is C11H6Cl2N4O3. The van der Waals surface area contributed by atoms with Crippen LogP contribution >= 0.6 is 23.2 Å². The van der Waals surface area contributed by atoms with Gasteiger partial charge in [0.1, 0.15) is 11.4 Å². The predicted molar refractivity (Wildman–Crippen MR) is 73.1 cm³/mol. The van der Waals surface area contributed by atoms with Crippen molar-refractivity contribution in [3.8, 4) is 0 Å². The van der Waals surface area contributed by atoms with Gasteiger partial charge in [-0.05, 0) is 23.7 Å². The topological polar surface area (TPSA) is 98.0 Å². The summed E-state index contributed by atoms with van der Waals surface area (Å²) in [6.07, 6.45) is 1.34. The highest BCUT2D eigenvalue weighted by Crippen LogP contribution is 2.26. The van der Waals surface area contributed by atoms with Crippen LogP contribution < -0.4 is 5.32 Å². The zero-order valence-corrected chi connectivity index (χ0v) is 11.2. The summed E-state index contributed by atoms with van der Waals surface area (Å²) in [5.74, 6) is -0.638. The maximum atomic E-state index is 12.1. The number of anilines is 1. The van der Waals surface area contributed by atoms with E-state index in [4.69, 9.17) is 23.2 Å². The Morgan fingerprint density at radius 3 is 2.70 bits per heavy atom. The molecule has 0 spiro atoms. The summed E-state index contributed by atoms with van der Waals surface area (Å²) in [6.45, 7) is 0. The molecule has 1 aromatic heterocycles. The first-order valence-corrected chi connectivity index (χ1v) is 5.97. The molecule has 1 heterocycles. The van der Waals surface area contributed by atoms with Crippen LogP contribution in [0.2, 0.25) is 10.3 Å². The fraction of sp³-hybridized carbons (Fsp3) is 0. The Balaban J connectivity index is 2.37. The van der Waals surface area contributed by atoms with Crippen molar-refractivity contribution in [3.05, 3.63) is 56.4 Å². The third-order valence-electron chi connectivity index (χ3n) is 2.28. The quantitative estimate of drug-likeness (QED) is 0.533. The molecule has 0 saturated carbocycles. The van der Waals surface area contributed by atoms with Gasteiger partial charge in [-0.3, -0.25) is 14.9 Å². The van der Waals surface area contributed by atoms with Gasteiger partial charge in [-0.1, -0.05) is 17.7 Å². The van der Waals surface area contributed by atoms with Crippen molar-refractivity contribution in [1.29, 1.82) is 0 Å². The van der Waals surface area contributed by atoms with Gasteiger partial charge in [0.15, 0.2) is 0 Å². The Bertz CT molecular complexity index is 693. The normalized spacial score (nSPS) is 10.1. The number of halogens is 2. The second kappa shape index (κ2) is 5.81. The number of amides is 1. The molecule has 20 heavy (non-hydrogen) atoms. The molecule has 102 valence electrons. The number of hydrogen-bond acceptors (Lipinski definition) is 5. The van der Waals surface area contributed by atoms with Gasteiger partial charge in [-0.2, -0.15) is 0 Å². The number of carbonyl (C=O) groups excluding carboxylic acids is 1. The first-order valence-electron chi connectivity index (χ1n) is 5.22. The molecule has 0 fully saturated rings. The average molecular weight is 313 g/mol. The van der Waals surface area contributed by atoms with Crippen LogP contribution in [-0.2, 0) is 0 Å². The lowest BCUT2D eigenvalue weighted by Gasteiger charge is -2.06. The van der Waals surface area contributed by atoms with Gasteiger partial charge in [0.05, 0.1) is 9.95 Å². The van der Waals surface area contributed by atoms with Gasteiger partial charge in [0.2, 0.25) is 5.28 Å². The summed E-state index contributed by atoms with van der Waals surface area (Å²) in [6, 6.07) is 5.36. The molecule has 1 amide bonds. The summed E-state index contributed by atoms with van der Waals surface area (Å²) in [4.78, 5) is 29.7. The van der Waals surface area contributed by atoms with Crippen LogP contribution in [0.4, 0.5) is 11.5 Å². The number of benzene rings is 1. The fourth-order valence-corrected chi connectivity index (χ4v) is 1.88. The molecule has 0 aliphatic heterocycles. The van der Waals surface area contributed by atoms with Gasteiger partial charge in [-0.15, -0.1) is 0 Å². The van der Waals surface area contributed by atoms with E-state index in [2.05, 4.69) is 15.3 Å². The van der Waals surface area contributed by atoms with Gasteiger partial charge >= 0.3 is 0 Å². The number of nitrogens with zero attached hydrogens (tertiary/aromatic N) is 3. The highest BCUT2D eigenvalue weighted by atomic mass is 35.5. The summed E-state index contributed by atoms with van der Waals surface area (Å²) >= 11 is 11.4. The van der Waals surface area contributed by atoms with E-state index in [1.54, 1.807) is 0 Å². The van der Waals surface area contributed by atoms with E-state index in [0.29, 0.717) is 0 Å². The fourth-order valence-electron chi connectivity index (χ4n) is 1.47. The first-order chi connectivity index (χ1) is 9.49. The van der Waals surface area contributed by atoms with Crippen molar-refractivity contribution in [2.75, 3.05) is 5.32 Å². The van der Waals surface area contributed by atoms with Crippen LogP contribution in [0.5, 0.6) is 0 Å². The smallest absolute Gasteiger partial charge is 0.283 e. The first kappa shape index (κ1) is 14.2. The third-order valence-corrected chi connectivity index (χ3v) is 2.78. The Kier molecular flexibility index (Phi) is 4.11. The van der Waals surface area contributed by atoms with E-state index in [-0.39, 0.29) is 21.7 Å². The molecule has 0 saturated heterocycles. The summed E-state index contributed by atoms with van der Waals surface area (Å²) in [7, 11) is 0. The van der Waals surface area contributed by atoms with Crippen LogP contribution in [0.25, 0.3) is 0 Å². The number of nitro benzene ring substituents is 1. The lowest BCUT2D eigenvalue weighted by Crippen LogP contribution is -2.15. The second-order valence-corrected chi connectivity index (χ2v) is 4.30. The number of nitrogens with one attached hydrogen (secondary N) is 1. The molecule has 2 aromatic rings. The van der Waals surface area contributed by atoms with Gasteiger partial charge in [-0.25, -0.2) is 9.97 Å². The molecule has 0 aliphatic carbocycles. The Morgan fingerprint density at radius 2 is 2.05 bits per heavy atom. The second-order valence-electron chi connectivity index (χ2n) is 3.56. The molecule has 0 unspecified atom stereocenters. The van der Waals surface area contributed by atoms with Crippen LogP contribution in [-0.4, -0.2) is 20.8 Å². The van der Waals surface area contributed by atoms with E-state index >= 15 is 0 Å². The van der Waals surface area contributed by atoms with Crippen molar-refractivity contribution < 1.29 is 9.72 Å². The lowest BCUT2D eigenvalue weighted by molar-refractivity contribution is -0.385. The number of nitro groups is 1. The van der Waals surface area contributed by atoms with E-state index in [9.17, 15) is 14.9 Å². The molecule has 1 N–H and O–H groups in total. The predicted octanol–water partition coefficient (Wildman–Crippen LogP) is 2.94. The summed E-state index contributed by atoms with van der Waals surface area (Å²) in [5, 5.41) is 13.2. The minimum atomic E-state index is -0.753. The van der Waals surface area contributed by atoms with Gasteiger partial charge in [0, 0.05) is 12.3 Å². The van der Waals surface area contributed by atoms with Gasteiger partial charge < -0.3 is 5.32 Å². The zero-order valence-electron chi connectivity index (χ0n) is 9.71. The molecule has 1 aromatic carbocycles. The van der Waals surface area contributed by atoms with Gasteiger partial charge in [0.25, 0.3) is 11.6 Å². The van der Waals surface area contributed by atoms with E-state index < -0.39 is 16.5 Å². The van der Waals surface area contributed by atoms with E-state index in [1.165, 1.54) is 30.5 Å². The van der Waals surface area contributed by atoms with E-state index in [1.807, 2.05) is 0 Å². The SMILES string of the molecule is O=C(Nc1ccnc(Cl)n1)c1c(Cl)cccc1[N+](=O)[O-]. The molecule has 0 radical (unpaired) electrons. The minimum absolute atomic E-state index is 0.0307. The van der Waals surface area contributed by atoms with Crippen molar-refractivity contribution in [1.82, 2.24) is 9.97 Å². The van der Waals surface area contributed by atoms with Crippen LogP contribution in [0.3, 0.4) is 0 Å². The monoisotopic (exact) mass is 312 g/mol. The Labute approximate surface area is 122 Å². The Morgan fingerprint density at radius 1 is 1.30 bits per heavy atom. The molecule has 0 atom stereocenters. The molecule has 0 aliphatic rings. The molecule has 9 heteroatoms. The number of rotatable bonds is 3. The van der Waals surface area contributed by atoms with E-state index in [0.717, 1.165) is 0 Å². The third kappa shape index (κ3) is 3.01. The number of aromatic nitrogens is 2. The maximum Gasteiger partial charge on any atom is 0.283 e. The minimum Gasteiger partial charge on any atom is -0.306 e. The van der Waals surface area contributed by atoms with Crippen molar-refractivity contribution >= 4 is 40.6 Å². The largest absolute Gasteiger partial charge is 0.306 e. The molecule has 2 rings (SSSR count). The zero-order chi connectivity index (χ0) is 14.7. The van der Waals surface area contributed by atoms with Crippen molar-refractivity contribution in [3.63, 3.8) is 0 Å². The number of carbonyl (C=O) groups is 1. The molecule has 7 nitrogen and oxygen atoms in total. The van der Waals surface area contributed by atoms with Crippen LogP contribution in [0, 0.1) is 10.1 Å². The van der Waals surface area contributed by atoms with Crippen molar-refractivity contribution in [2.24, 2.45) is 0 Å². The Hall–Kier alpha value is -2.25. The van der Waals surface area contributed by atoms with Crippen molar-refractivity contribution in [2.45, 2.75) is 0 Å². The lowest BCUT2D eigenvalue weighted by atomic mass is 10.1. The standard InChI is InChI=1S/C11H6Cl2N4O3/c12-6-2-1-3-7(17(19)20)9(6)10(18)15-8-4-5-14-11(13)16-8/h1-5H,(H,14,15,16,18). The molecule has 0 bridgehead atoms. The maximum absolute atomic E-state index is 12.1. The number of hydrogen-bond donors (Lipinski definition) is 1.